The Kier molecular flexibility index (Phi) is 5.87. The number of rotatable bonds is 4. The molecule has 28 heavy (non-hydrogen) atoms. The third kappa shape index (κ3) is 4.11. The molecule has 0 atom stereocenters. The molecule has 11 heteroatoms. The Labute approximate surface area is 173 Å². The van der Waals surface area contributed by atoms with E-state index in [0.717, 1.165) is 0 Å². The van der Waals surface area contributed by atoms with E-state index in [-0.39, 0.29) is 22.3 Å². The standard InChI is InChI=1S/C17H14Cl2N4O4S/c1-3-27-16(26)15(25)21-8-4-5-9-10(6-8)28-17(22-9)23-14(24)13-12(19)11(18)7(2)20-13/h4-6,20H,3H2,1-2H3,(H,21,25)(H,22,23,24). The number of amides is 2. The molecule has 3 N–H and O–H groups in total. The molecule has 0 saturated carbocycles. The van der Waals surface area contributed by atoms with Crippen LogP contribution in [0.5, 0.6) is 0 Å². The van der Waals surface area contributed by atoms with Crippen LogP contribution in [0, 0.1) is 6.92 Å². The van der Waals surface area contributed by atoms with Crippen molar-refractivity contribution >= 4 is 73.4 Å². The third-order valence-electron chi connectivity index (χ3n) is 3.61. The van der Waals surface area contributed by atoms with Crippen LogP contribution < -0.4 is 10.6 Å². The number of hydrogen-bond donors (Lipinski definition) is 3. The number of aromatic amines is 1. The molecule has 0 fully saturated rings. The van der Waals surface area contributed by atoms with Gasteiger partial charge in [-0.1, -0.05) is 34.5 Å². The molecular formula is C17H14Cl2N4O4S. The molecule has 3 rings (SSSR count). The molecule has 2 aromatic heterocycles. The molecule has 146 valence electrons. The van der Waals surface area contributed by atoms with E-state index >= 15 is 0 Å². The first-order valence-corrected chi connectivity index (χ1v) is 9.61. The van der Waals surface area contributed by atoms with E-state index in [1.54, 1.807) is 32.0 Å². The second kappa shape index (κ2) is 8.17. The summed E-state index contributed by atoms with van der Waals surface area (Å²) in [6, 6.07) is 4.89. The zero-order chi connectivity index (χ0) is 20.4. The van der Waals surface area contributed by atoms with Crippen molar-refractivity contribution in [3.05, 3.63) is 39.6 Å². The average Bonchev–Trinajstić information content (AvgIpc) is 3.16. The van der Waals surface area contributed by atoms with Crippen LogP contribution >= 0.6 is 34.5 Å². The zero-order valence-corrected chi connectivity index (χ0v) is 17.0. The zero-order valence-electron chi connectivity index (χ0n) is 14.7. The van der Waals surface area contributed by atoms with Crippen molar-refractivity contribution in [2.24, 2.45) is 0 Å². The van der Waals surface area contributed by atoms with Crippen LogP contribution in [0.4, 0.5) is 10.8 Å². The molecule has 0 aliphatic carbocycles. The Morgan fingerprint density at radius 3 is 2.61 bits per heavy atom. The van der Waals surface area contributed by atoms with Crippen LogP contribution in [0.1, 0.15) is 23.1 Å². The third-order valence-corrected chi connectivity index (χ3v) is 5.49. The first-order chi connectivity index (χ1) is 13.3. The monoisotopic (exact) mass is 440 g/mol. The average molecular weight is 441 g/mol. The maximum atomic E-state index is 12.4. The van der Waals surface area contributed by atoms with Crippen molar-refractivity contribution in [1.82, 2.24) is 9.97 Å². The number of ether oxygens (including phenoxy) is 1. The van der Waals surface area contributed by atoms with E-state index in [1.165, 1.54) is 11.3 Å². The molecule has 0 spiro atoms. The van der Waals surface area contributed by atoms with E-state index in [0.29, 0.717) is 26.7 Å². The smallest absolute Gasteiger partial charge is 0.397 e. The molecule has 0 saturated heterocycles. The van der Waals surface area contributed by atoms with E-state index in [9.17, 15) is 14.4 Å². The highest BCUT2D eigenvalue weighted by Gasteiger charge is 2.20. The highest BCUT2D eigenvalue weighted by Crippen LogP contribution is 2.31. The van der Waals surface area contributed by atoms with Crippen LogP contribution in [0.3, 0.4) is 0 Å². The van der Waals surface area contributed by atoms with Gasteiger partial charge in [0.1, 0.15) is 5.69 Å². The molecule has 0 aliphatic rings. The van der Waals surface area contributed by atoms with Gasteiger partial charge in [-0.05, 0) is 32.0 Å². The summed E-state index contributed by atoms with van der Waals surface area (Å²) in [6.45, 7) is 3.42. The fraction of sp³-hybridized carbons (Fsp3) is 0.176. The minimum Gasteiger partial charge on any atom is -0.459 e. The Morgan fingerprint density at radius 2 is 1.96 bits per heavy atom. The molecule has 0 aliphatic heterocycles. The summed E-state index contributed by atoms with van der Waals surface area (Å²) in [7, 11) is 0. The number of carbonyl (C=O) groups excluding carboxylic acids is 3. The Morgan fingerprint density at radius 1 is 1.21 bits per heavy atom. The normalized spacial score (nSPS) is 10.7. The number of nitrogens with zero attached hydrogens (tertiary/aromatic N) is 1. The number of fused-ring (bicyclic) bond motifs is 1. The van der Waals surface area contributed by atoms with Gasteiger partial charge in [0, 0.05) is 11.4 Å². The lowest BCUT2D eigenvalue weighted by Crippen LogP contribution is -2.24. The van der Waals surface area contributed by atoms with Gasteiger partial charge in [-0.3, -0.25) is 14.9 Å². The largest absolute Gasteiger partial charge is 0.459 e. The molecule has 3 aromatic rings. The highest BCUT2D eigenvalue weighted by atomic mass is 35.5. The van der Waals surface area contributed by atoms with Gasteiger partial charge in [0.05, 0.1) is 26.9 Å². The number of anilines is 2. The number of thiazole rings is 1. The second-order valence-electron chi connectivity index (χ2n) is 5.58. The van der Waals surface area contributed by atoms with Crippen molar-refractivity contribution < 1.29 is 19.1 Å². The maximum absolute atomic E-state index is 12.4. The predicted molar refractivity (Wildman–Crippen MR) is 108 cm³/mol. The number of carbonyl (C=O) groups is 3. The Bertz CT molecular complexity index is 1090. The molecule has 1 aromatic carbocycles. The Balaban J connectivity index is 1.77. The summed E-state index contributed by atoms with van der Waals surface area (Å²) in [5.74, 6) is -2.31. The van der Waals surface area contributed by atoms with Gasteiger partial charge in [0.15, 0.2) is 5.13 Å². The van der Waals surface area contributed by atoms with Crippen molar-refractivity contribution in [2.45, 2.75) is 13.8 Å². The first-order valence-electron chi connectivity index (χ1n) is 8.03. The minimum atomic E-state index is -0.961. The van der Waals surface area contributed by atoms with Crippen LogP contribution in [0.25, 0.3) is 10.2 Å². The first kappa shape index (κ1) is 20.1. The molecule has 0 bridgehead atoms. The van der Waals surface area contributed by atoms with Gasteiger partial charge >= 0.3 is 11.9 Å². The van der Waals surface area contributed by atoms with Crippen LogP contribution in [0.15, 0.2) is 18.2 Å². The molecule has 8 nitrogen and oxygen atoms in total. The van der Waals surface area contributed by atoms with Gasteiger partial charge in [0.2, 0.25) is 0 Å². The quantitative estimate of drug-likeness (QED) is 0.419. The Hall–Kier alpha value is -2.62. The number of hydrogen-bond acceptors (Lipinski definition) is 6. The van der Waals surface area contributed by atoms with Crippen molar-refractivity contribution in [2.75, 3.05) is 17.2 Å². The topological polar surface area (TPSA) is 113 Å². The predicted octanol–water partition coefficient (Wildman–Crippen LogP) is 3.99. The summed E-state index contributed by atoms with van der Waals surface area (Å²) < 4.78 is 5.34. The SMILES string of the molecule is CCOC(=O)C(=O)Nc1ccc2nc(NC(=O)c3[nH]c(C)c(Cl)c3Cl)sc2c1. The lowest BCUT2D eigenvalue weighted by Gasteiger charge is -2.04. The fourth-order valence-corrected chi connectivity index (χ4v) is 3.64. The molecule has 2 heterocycles. The second-order valence-corrected chi connectivity index (χ2v) is 7.37. The summed E-state index contributed by atoms with van der Waals surface area (Å²) in [4.78, 5) is 42.7. The summed E-state index contributed by atoms with van der Waals surface area (Å²) in [6.07, 6.45) is 0. The van der Waals surface area contributed by atoms with E-state index in [2.05, 4.69) is 25.3 Å². The van der Waals surface area contributed by atoms with Crippen molar-refractivity contribution in [1.29, 1.82) is 0 Å². The van der Waals surface area contributed by atoms with Gasteiger partial charge in [-0.25, -0.2) is 9.78 Å². The maximum Gasteiger partial charge on any atom is 0.397 e. The van der Waals surface area contributed by atoms with Crippen LogP contribution in [0.2, 0.25) is 10.0 Å². The summed E-state index contributed by atoms with van der Waals surface area (Å²) >= 11 is 13.2. The van der Waals surface area contributed by atoms with Gasteiger partial charge < -0.3 is 15.0 Å². The number of aromatic nitrogens is 2. The number of H-pyrrole nitrogens is 1. The molecule has 0 radical (unpaired) electrons. The van der Waals surface area contributed by atoms with Crippen LogP contribution in [-0.2, 0) is 14.3 Å². The molecule has 0 unspecified atom stereocenters. The van der Waals surface area contributed by atoms with Gasteiger partial charge in [-0.15, -0.1) is 0 Å². The van der Waals surface area contributed by atoms with Gasteiger partial charge in [-0.2, -0.15) is 0 Å². The number of benzene rings is 1. The summed E-state index contributed by atoms with van der Waals surface area (Å²) in [5, 5.41) is 5.88. The van der Waals surface area contributed by atoms with E-state index < -0.39 is 17.8 Å². The molecular weight excluding hydrogens is 427 g/mol. The highest BCUT2D eigenvalue weighted by molar-refractivity contribution is 7.22. The number of esters is 1. The van der Waals surface area contributed by atoms with E-state index in [1.807, 2.05) is 0 Å². The van der Waals surface area contributed by atoms with E-state index in [4.69, 9.17) is 23.2 Å². The van der Waals surface area contributed by atoms with Crippen LogP contribution in [-0.4, -0.2) is 34.4 Å². The van der Waals surface area contributed by atoms with Crippen molar-refractivity contribution in [3.63, 3.8) is 0 Å². The lowest BCUT2D eigenvalue weighted by molar-refractivity contribution is -0.152. The minimum absolute atomic E-state index is 0.110. The number of aryl methyl sites for hydroxylation is 1. The fourth-order valence-electron chi connectivity index (χ4n) is 2.32. The number of halogens is 2. The number of nitrogens with one attached hydrogen (secondary N) is 3. The van der Waals surface area contributed by atoms with Crippen molar-refractivity contribution in [3.8, 4) is 0 Å². The molecule has 2 amide bonds. The lowest BCUT2D eigenvalue weighted by atomic mass is 10.3. The summed E-state index contributed by atoms with van der Waals surface area (Å²) in [5.41, 5.74) is 1.75. The van der Waals surface area contributed by atoms with Gasteiger partial charge in [0.25, 0.3) is 5.91 Å².